The smallest absolute Gasteiger partial charge is 0.410 e. The van der Waals surface area contributed by atoms with Gasteiger partial charge in [-0.15, -0.1) is 0 Å². The fraction of sp³-hybridized carbons (Fsp3) is 0.464. The summed E-state index contributed by atoms with van der Waals surface area (Å²) in [5.41, 5.74) is 5.39. The second kappa shape index (κ2) is 8.84. The third kappa shape index (κ3) is 4.40. The average Bonchev–Trinajstić information content (AvgIpc) is 3.44. The molecule has 188 valence electrons. The Morgan fingerprint density at radius 3 is 2.44 bits per heavy atom. The molecular weight excluding hydrogens is 452 g/mol. The molecule has 5 heterocycles. The highest BCUT2D eigenvalue weighted by molar-refractivity contribution is 5.85. The van der Waals surface area contributed by atoms with Crippen molar-refractivity contribution < 1.29 is 9.53 Å². The molecule has 6 rings (SSSR count). The molecule has 0 aromatic carbocycles. The highest BCUT2D eigenvalue weighted by Crippen LogP contribution is 2.34. The van der Waals surface area contributed by atoms with E-state index in [1.54, 1.807) is 0 Å². The maximum Gasteiger partial charge on any atom is 0.410 e. The molecule has 1 amide bonds. The number of rotatable bonds is 3. The lowest BCUT2D eigenvalue weighted by atomic mass is 9.89. The molecule has 3 N–H and O–H groups in total. The van der Waals surface area contributed by atoms with Gasteiger partial charge in [-0.3, -0.25) is 0 Å². The van der Waals surface area contributed by atoms with Crippen LogP contribution in [0.3, 0.4) is 0 Å². The maximum absolute atomic E-state index is 12.4. The van der Waals surface area contributed by atoms with Gasteiger partial charge < -0.3 is 24.9 Å². The number of piperidine rings is 1. The molecule has 0 atom stereocenters. The van der Waals surface area contributed by atoms with Crippen LogP contribution in [0.15, 0.2) is 30.5 Å². The number of aryl methyl sites for hydroxylation is 2. The van der Waals surface area contributed by atoms with Gasteiger partial charge in [0.25, 0.3) is 0 Å². The van der Waals surface area contributed by atoms with Crippen LogP contribution in [0.4, 0.5) is 16.4 Å². The summed E-state index contributed by atoms with van der Waals surface area (Å²) in [6.07, 6.45) is 8.43. The van der Waals surface area contributed by atoms with E-state index in [9.17, 15) is 4.79 Å². The SMILES string of the molecule is CC(C)(C)OC(=O)N1CCC(c2c[nH]c3nc(Nc4ccc5c6c([nH]c5n4)CCCC6)ccc23)CC1. The van der Waals surface area contributed by atoms with E-state index in [4.69, 9.17) is 14.7 Å². The Bertz CT molecular complexity index is 1420. The number of hydrogen-bond acceptors (Lipinski definition) is 5. The number of carbonyl (C=O) groups excluding carboxylic acids is 1. The van der Waals surface area contributed by atoms with Crippen molar-refractivity contribution in [1.29, 1.82) is 0 Å². The van der Waals surface area contributed by atoms with Crippen LogP contribution >= 0.6 is 0 Å². The third-order valence-electron chi connectivity index (χ3n) is 7.37. The molecule has 0 radical (unpaired) electrons. The van der Waals surface area contributed by atoms with Gasteiger partial charge in [0.2, 0.25) is 0 Å². The molecule has 0 unspecified atom stereocenters. The van der Waals surface area contributed by atoms with Gasteiger partial charge in [-0.2, -0.15) is 0 Å². The summed E-state index contributed by atoms with van der Waals surface area (Å²) in [5, 5.41) is 5.75. The minimum atomic E-state index is -0.468. The Kier molecular flexibility index (Phi) is 5.62. The van der Waals surface area contributed by atoms with Gasteiger partial charge in [-0.25, -0.2) is 14.8 Å². The van der Waals surface area contributed by atoms with Crippen molar-refractivity contribution in [2.45, 2.75) is 70.8 Å². The van der Waals surface area contributed by atoms with Crippen LogP contribution in [0, 0.1) is 0 Å². The van der Waals surface area contributed by atoms with Crippen molar-refractivity contribution in [3.05, 3.63) is 47.3 Å². The number of pyridine rings is 2. The summed E-state index contributed by atoms with van der Waals surface area (Å²) in [7, 11) is 0. The number of H-pyrrole nitrogens is 2. The molecule has 0 spiro atoms. The van der Waals surface area contributed by atoms with E-state index in [0.29, 0.717) is 19.0 Å². The third-order valence-corrected chi connectivity index (χ3v) is 7.37. The molecule has 4 aromatic rings. The summed E-state index contributed by atoms with van der Waals surface area (Å²) in [6, 6.07) is 8.35. The maximum atomic E-state index is 12.4. The van der Waals surface area contributed by atoms with Crippen LogP contribution < -0.4 is 5.32 Å². The van der Waals surface area contributed by atoms with E-state index >= 15 is 0 Å². The number of fused-ring (bicyclic) bond motifs is 4. The number of carbonyl (C=O) groups is 1. The van der Waals surface area contributed by atoms with Gasteiger partial charge in [0.15, 0.2) is 0 Å². The fourth-order valence-electron chi connectivity index (χ4n) is 5.62. The summed E-state index contributed by atoms with van der Waals surface area (Å²) >= 11 is 0. The zero-order valence-corrected chi connectivity index (χ0v) is 21.3. The summed E-state index contributed by atoms with van der Waals surface area (Å²) in [5.74, 6) is 1.94. The van der Waals surface area contributed by atoms with Crippen molar-refractivity contribution in [1.82, 2.24) is 24.8 Å². The number of anilines is 2. The lowest BCUT2D eigenvalue weighted by molar-refractivity contribution is 0.0205. The first-order chi connectivity index (χ1) is 17.3. The number of hydrogen-bond donors (Lipinski definition) is 3. The molecular formula is C28H34N6O2. The van der Waals surface area contributed by atoms with Crippen molar-refractivity contribution in [2.24, 2.45) is 0 Å². The lowest BCUT2D eigenvalue weighted by Gasteiger charge is -2.33. The first-order valence-corrected chi connectivity index (χ1v) is 13.1. The Morgan fingerprint density at radius 1 is 1.00 bits per heavy atom. The summed E-state index contributed by atoms with van der Waals surface area (Å²) in [6.45, 7) is 7.12. The predicted octanol–water partition coefficient (Wildman–Crippen LogP) is 6.18. The molecule has 1 fully saturated rings. The monoisotopic (exact) mass is 486 g/mol. The van der Waals surface area contributed by atoms with Gasteiger partial charge in [0.1, 0.15) is 28.5 Å². The zero-order chi connectivity index (χ0) is 24.9. The van der Waals surface area contributed by atoms with Gasteiger partial charge in [-0.1, -0.05) is 0 Å². The van der Waals surface area contributed by atoms with E-state index < -0.39 is 5.60 Å². The van der Waals surface area contributed by atoms with Crippen molar-refractivity contribution >= 4 is 39.8 Å². The number of nitrogens with zero attached hydrogens (tertiary/aromatic N) is 3. The molecule has 1 aliphatic carbocycles. The van der Waals surface area contributed by atoms with Crippen molar-refractivity contribution in [3.63, 3.8) is 0 Å². The minimum Gasteiger partial charge on any atom is -0.444 e. The topological polar surface area (TPSA) is 98.9 Å². The number of aromatic amines is 2. The quantitative estimate of drug-likeness (QED) is 0.321. The second-order valence-electron chi connectivity index (χ2n) is 11.1. The number of amides is 1. The summed E-state index contributed by atoms with van der Waals surface area (Å²) in [4.78, 5) is 30.7. The van der Waals surface area contributed by atoms with Crippen LogP contribution in [0.2, 0.25) is 0 Å². The molecule has 4 aromatic heterocycles. The molecule has 0 bridgehead atoms. The number of ether oxygens (including phenoxy) is 1. The highest BCUT2D eigenvalue weighted by atomic mass is 16.6. The largest absolute Gasteiger partial charge is 0.444 e. The fourth-order valence-corrected chi connectivity index (χ4v) is 5.62. The van der Waals surface area contributed by atoms with Gasteiger partial charge >= 0.3 is 6.09 Å². The molecule has 1 aliphatic heterocycles. The molecule has 36 heavy (non-hydrogen) atoms. The van der Waals surface area contributed by atoms with Crippen LogP contribution in [0.1, 0.15) is 69.2 Å². The molecule has 8 heteroatoms. The van der Waals surface area contributed by atoms with E-state index in [1.807, 2.05) is 37.8 Å². The highest BCUT2D eigenvalue weighted by Gasteiger charge is 2.28. The Labute approximate surface area is 210 Å². The molecule has 0 saturated carbocycles. The van der Waals surface area contributed by atoms with Gasteiger partial charge in [-0.05, 0) is 101 Å². The van der Waals surface area contributed by atoms with E-state index in [0.717, 1.165) is 54.0 Å². The molecule has 2 aliphatic rings. The van der Waals surface area contributed by atoms with Crippen LogP contribution in [0.25, 0.3) is 22.1 Å². The standard InChI is InChI=1S/C28H34N6O2/c1-28(2,3)36-27(35)34-14-12-17(13-15-34)21-16-29-25-20(21)9-11-23(32-25)31-24-10-8-19-18-6-4-5-7-22(18)30-26(19)33-24/h8-11,16-17H,4-7,12-15H2,1-3H3,(H3,29,30,31,32,33). The van der Waals surface area contributed by atoms with Crippen molar-refractivity contribution in [2.75, 3.05) is 18.4 Å². The average molecular weight is 487 g/mol. The number of aromatic nitrogens is 4. The van der Waals surface area contributed by atoms with E-state index in [1.165, 1.54) is 35.0 Å². The molecule has 8 nitrogen and oxygen atoms in total. The van der Waals surface area contributed by atoms with Crippen molar-refractivity contribution in [3.8, 4) is 0 Å². The second-order valence-corrected chi connectivity index (χ2v) is 11.1. The molecule has 1 saturated heterocycles. The van der Waals surface area contributed by atoms with Crippen LogP contribution in [-0.2, 0) is 17.6 Å². The Balaban J connectivity index is 1.15. The summed E-state index contributed by atoms with van der Waals surface area (Å²) < 4.78 is 5.54. The predicted molar refractivity (Wildman–Crippen MR) is 142 cm³/mol. The number of nitrogens with one attached hydrogen (secondary N) is 3. The normalized spacial score (nSPS) is 16.9. The van der Waals surface area contributed by atoms with Crippen LogP contribution in [0.5, 0.6) is 0 Å². The van der Waals surface area contributed by atoms with Gasteiger partial charge in [0, 0.05) is 35.8 Å². The first kappa shape index (κ1) is 22.9. The van der Waals surface area contributed by atoms with E-state index in [2.05, 4.69) is 33.6 Å². The van der Waals surface area contributed by atoms with Gasteiger partial charge in [0.05, 0.1) is 0 Å². The number of likely N-dealkylation sites (tertiary alicyclic amines) is 1. The Morgan fingerprint density at radius 2 is 1.69 bits per heavy atom. The lowest BCUT2D eigenvalue weighted by Crippen LogP contribution is -2.41. The minimum absolute atomic E-state index is 0.219. The first-order valence-electron chi connectivity index (χ1n) is 13.1. The zero-order valence-electron chi connectivity index (χ0n) is 21.3. The van der Waals surface area contributed by atoms with Crippen LogP contribution in [-0.4, -0.2) is 49.6 Å². The van der Waals surface area contributed by atoms with E-state index in [-0.39, 0.29) is 6.09 Å². The Hall–Kier alpha value is -3.55.